The molecule has 4 rings (SSSR count). The Labute approximate surface area is 175 Å². The molecule has 29 heavy (non-hydrogen) atoms. The van der Waals surface area contributed by atoms with Crippen molar-refractivity contribution in [2.45, 2.75) is 25.7 Å². The number of thioether (sulfide) groups is 1. The molecule has 0 saturated carbocycles. The fraction of sp³-hybridized carbons (Fsp3) is 0.348. The smallest absolute Gasteiger partial charge is 0.261 e. The van der Waals surface area contributed by atoms with Crippen LogP contribution in [-0.4, -0.2) is 47.2 Å². The maximum atomic E-state index is 12.5. The minimum absolute atomic E-state index is 0.185. The molecule has 2 aliphatic heterocycles. The average Bonchev–Trinajstić information content (AvgIpc) is 3.28. The van der Waals surface area contributed by atoms with E-state index in [9.17, 15) is 14.4 Å². The van der Waals surface area contributed by atoms with E-state index in [2.05, 4.69) is 6.07 Å². The minimum Gasteiger partial charge on any atom is -0.312 e. The molecule has 0 saturated heterocycles. The Morgan fingerprint density at radius 3 is 2.34 bits per heavy atom. The van der Waals surface area contributed by atoms with Crippen LogP contribution in [0.5, 0.6) is 0 Å². The minimum atomic E-state index is -0.185. The molecular weight excluding hydrogens is 384 g/mol. The number of hydrogen-bond acceptors (Lipinski definition) is 4. The van der Waals surface area contributed by atoms with Gasteiger partial charge in [0.2, 0.25) is 5.91 Å². The average molecular weight is 409 g/mol. The first-order valence-corrected chi connectivity index (χ1v) is 11.2. The van der Waals surface area contributed by atoms with Crippen LogP contribution in [0.3, 0.4) is 0 Å². The van der Waals surface area contributed by atoms with Crippen molar-refractivity contribution in [2.24, 2.45) is 0 Å². The Morgan fingerprint density at radius 2 is 1.59 bits per heavy atom. The first-order chi connectivity index (χ1) is 14.2. The van der Waals surface area contributed by atoms with Crippen LogP contribution in [-0.2, 0) is 11.2 Å². The lowest BCUT2D eigenvalue weighted by Gasteiger charge is -2.17. The van der Waals surface area contributed by atoms with Crippen molar-refractivity contribution >= 4 is 35.2 Å². The van der Waals surface area contributed by atoms with Crippen LogP contribution >= 0.6 is 11.8 Å². The lowest BCUT2D eigenvalue weighted by atomic mass is 10.1. The number of anilines is 1. The maximum Gasteiger partial charge on any atom is 0.261 e. The standard InChI is InChI=1S/C23H24N2O3S/c26-21(24-14-11-17-7-1-4-10-20(17)24)12-16-29-15-6-5-13-25-22(27)18-8-2-3-9-19(18)23(25)28/h1-4,7-10H,5-6,11-16H2. The molecule has 2 aliphatic rings. The van der Waals surface area contributed by atoms with Crippen LogP contribution in [0.15, 0.2) is 48.5 Å². The zero-order valence-corrected chi connectivity index (χ0v) is 17.1. The molecule has 6 heteroatoms. The van der Waals surface area contributed by atoms with Gasteiger partial charge in [-0.1, -0.05) is 30.3 Å². The second-order valence-electron chi connectivity index (χ2n) is 7.30. The van der Waals surface area contributed by atoms with E-state index in [1.807, 2.05) is 23.1 Å². The van der Waals surface area contributed by atoms with Crippen LogP contribution in [0.4, 0.5) is 5.69 Å². The Kier molecular flexibility index (Phi) is 6.00. The van der Waals surface area contributed by atoms with Gasteiger partial charge in [0.05, 0.1) is 11.1 Å². The molecule has 0 aromatic heterocycles. The Balaban J connectivity index is 1.13. The molecule has 0 atom stereocenters. The molecular formula is C23H24N2O3S. The molecule has 2 heterocycles. The van der Waals surface area contributed by atoms with Gasteiger partial charge in [-0.25, -0.2) is 0 Å². The third-order valence-electron chi connectivity index (χ3n) is 5.45. The Hall–Kier alpha value is -2.60. The van der Waals surface area contributed by atoms with Crippen LogP contribution in [0.25, 0.3) is 0 Å². The molecule has 5 nitrogen and oxygen atoms in total. The number of amides is 3. The van der Waals surface area contributed by atoms with E-state index in [4.69, 9.17) is 0 Å². The molecule has 0 spiro atoms. The SMILES string of the molecule is O=C1c2ccccc2C(=O)N1CCCCSCCC(=O)N1CCc2ccccc21. The highest BCUT2D eigenvalue weighted by atomic mass is 32.2. The van der Waals surface area contributed by atoms with Crippen LogP contribution < -0.4 is 4.90 Å². The predicted octanol–water partition coefficient (Wildman–Crippen LogP) is 3.78. The van der Waals surface area contributed by atoms with Crippen LogP contribution in [0.2, 0.25) is 0 Å². The quantitative estimate of drug-likeness (QED) is 0.493. The number of carbonyl (C=O) groups is 3. The van der Waals surface area contributed by atoms with Crippen molar-refractivity contribution in [3.8, 4) is 0 Å². The highest BCUT2D eigenvalue weighted by Gasteiger charge is 2.34. The second kappa shape index (κ2) is 8.82. The number of carbonyl (C=O) groups excluding carboxylic acids is 3. The summed E-state index contributed by atoms with van der Waals surface area (Å²) in [5.74, 6) is 1.54. The van der Waals surface area contributed by atoms with Gasteiger partial charge < -0.3 is 4.90 Å². The zero-order chi connectivity index (χ0) is 20.2. The van der Waals surface area contributed by atoms with Gasteiger partial charge in [0.15, 0.2) is 0 Å². The largest absolute Gasteiger partial charge is 0.312 e. The summed E-state index contributed by atoms with van der Waals surface area (Å²) in [7, 11) is 0. The number of benzene rings is 2. The summed E-state index contributed by atoms with van der Waals surface area (Å²) in [6, 6.07) is 15.1. The first-order valence-electron chi connectivity index (χ1n) is 10.1. The third-order valence-corrected chi connectivity index (χ3v) is 6.52. The summed E-state index contributed by atoms with van der Waals surface area (Å²) < 4.78 is 0. The van der Waals surface area contributed by atoms with Gasteiger partial charge in [-0.15, -0.1) is 0 Å². The van der Waals surface area contributed by atoms with E-state index in [0.29, 0.717) is 24.1 Å². The monoisotopic (exact) mass is 408 g/mol. The fourth-order valence-electron chi connectivity index (χ4n) is 3.91. The first kappa shape index (κ1) is 19.7. The molecule has 0 unspecified atom stereocenters. The Morgan fingerprint density at radius 1 is 0.897 bits per heavy atom. The van der Waals surface area contributed by atoms with E-state index in [0.717, 1.165) is 43.0 Å². The van der Waals surface area contributed by atoms with Gasteiger partial charge in [-0.05, 0) is 48.8 Å². The summed E-state index contributed by atoms with van der Waals surface area (Å²) in [4.78, 5) is 40.4. The summed E-state index contributed by atoms with van der Waals surface area (Å²) in [6.07, 6.45) is 3.18. The number of nitrogens with zero attached hydrogens (tertiary/aromatic N) is 2. The molecule has 150 valence electrons. The van der Waals surface area contributed by atoms with Gasteiger partial charge >= 0.3 is 0 Å². The van der Waals surface area contributed by atoms with E-state index in [1.165, 1.54) is 10.5 Å². The molecule has 0 N–H and O–H groups in total. The lowest BCUT2D eigenvalue weighted by molar-refractivity contribution is -0.118. The van der Waals surface area contributed by atoms with Crippen molar-refractivity contribution in [1.29, 1.82) is 0 Å². The molecule has 2 aromatic carbocycles. The van der Waals surface area contributed by atoms with E-state index >= 15 is 0 Å². The normalized spacial score (nSPS) is 15.0. The number of para-hydroxylation sites is 1. The predicted molar refractivity (Wildman–Crippen MR) is 115 cm³/mol. The molecule has 2 aromatic rings. The molecule has 0 aliphatic carbocycles. The van der Waals surface area contributed by atoms with Crippen molar-refractivity contribution in [2.75, 3.05) is 29.5 Å². The van der Waals surface area contributed by atoms with Crippen molar-refractivity contribution in [1.82, 2.24) is 4.90 Å². The molecule has 0 fully saturated rings. The zero-order valence-electron chi connectivity index (χ0n) is 16.3. The van der Waals surface area contributed by atoms with Crippen LogP contribution in [0.1, 0.15) is 45.5 Å². The Bertz CT molecular complexity index is 908. The van der Waals surface area contributed by atoms with Crippen molar-refractivity contribution in [3.63, 3.8) is 0 Å². The van der Waals surface area contributed by atoms with Gasteiger partial charge in [-0.2, -0.15) is 11.8 Å². The highest BCUT2D eigenvalue weighted by molar-refractivity contribution is 7.99. The summed E-state index contributed by atoms with van der Waals surface area (Å²) in [5, 5.41) is 0. The van der Waals surface area contributed by atoms with E-state index in [1.54, 1.807) is 36.0 Å². The number of imide groups is 1. The van der Waals surface area contributed by atoms with Gasteiger partial charge in [0, 0.05) is 31.0 Å². The highest BCUT2D eigenvalue weighted by Crippen LogP contribution is 2.28. The topological polar surface area (TPSA) is 57.7 Å². The van der Waals surface area contributed by atoms with Crippen molar-refractivity contribution < 1.29 is 14.4 Å². The lowest BCUT2D eigenvalue weighted by Crippen LogP contribution is -2.30. The van der Waals surface area contributed by atoms with E-state index in [-0.39, 0.29) is 17.7 Å². The van der Waals surface area contributed by atoms with Crippen LogP contribution in [0, 0.1) is 0 Å². The van der Waals surface area contributed by atoms with Crippen molar-refractivity contribution in [3.05, 3.63) is 65.2 Å². The van der Waals surface area contributed by atoms with Gasteiger partial charge in [-0.3, -0.25) is 19.3 Å². The van der Waals surface area contributed by atoms with Gasteiger partial charge in [0.25, 0.3) is 11.8 Å². The maximum absolute atomic E-state index is 12.5. The molecule has 0 radical (unpaired) electrons. The third kappa shape index (κ3) is 4.08. The summed E-state index contributed by atoms with van der Waals surface area (Å²) in [5.41, 5.74) is 3.33. The molecule has 0 bridgehead atoms. The molecule has 3 amide bonds. The number of fused-ring (bicyclic) bond motifs is 2. The summed E-state index contributed by atoms with van der Waals surface area (Å²) >= 11 is 1.76. The number of hydrogen-bond donors (Lipinski definition) is 0. The van der Waals surface area contributed by atoms with E-state index < -0.39 is 0 Å². The number of rotatable bonds is 8. The fourth-order valence-corrected chi connectivity index (χ4v) is 4.84. The summed E-state index contributed by atoms with van der Waals surface area (Å²) in [6.45, 7) is 1.24. The second-order valence-corrected chi connectivity index (χ2v) is 8.53. The van der Waals surface area contributed by atoms with Gasteiger partial charge in [0.1, 0.15) is 0 Å². The number of unbranched alkanes of at least 4 members (excludes halogenated alkanes) is 1.